The summed E-state index contributed by atoms with van der Waals surface area (Å²) in [6.07, 6.45) is 2.17. The van der Waals surface area contributed by atoms with Gasteiger partial charge in [-0.1, -0.05) is 12.1 Å². The third kappa shape index (κ3) is 2.51. The molecule has 0 spiro atoms. The van der Waals surface area contributed by atoms with E-state index in [1.165, 1.54) is 6.07 Å². The Morgan fingerprint density at radius 2 is 2.19 bits per heavy atom. The molecule has 1 N–H and O–H groups in total. The fourth-order valence-corrected chi connectivity index (χ4v) is 1.57. The highest BCUT2D eigenvalue weighted by Crippen LogP contribution is 2.25. The summed E-state index contributed by atoms with van der Waals surface area (Å²) in [4.78, 5) is 13.4. The summed E-state index contributed by atoms with van der Waals surface area (Å²) in [5, 5.41) is 2.81. The zero-order valence-electron chi connectivity index (χ0n) is 9.24. The van der Waals surface area contributed by atoms with Gasteiger partial charge in [-0.15, -0.1) is 0 Å². The van der Waals surface area contributed by atoms with Gasteiger partial charge in [-0.05, 0) is 25.0 Å². The Hall–Kier alpha value is -1.58. The third-order valence-electron chi connectivity index (χ3n) is 2.79. The number of carbonyl (C=O) groups excluding carboxylic acids is 1. The molecule has 1 aliphatic rings. The van der Waals surface area contributed by atoms with Crippen molar-refractivity contribution in [2.45, 2.75) is 18.9 Å². The number of carbonyl (C=O) groups is 1. The number of rotatable bonds is 4. The molecule has 0 saturated heterocycles. The number of likely N-dealkylation sites (N-methyl/N-ethyl adjacent to an activating group) is 1. The average Bonchev–Trinajstić information content (AvgIpc) is 3.10. The lowest BCUT2D eigenvalue weighted by Crippen LogP contribution is -2.33. The fourth-order valence-electron chi connectivity index (χ4n) is 1.57. The van der Waals surface area contributed by atoms with Gasteiger partial charge in [-0.3, -0.25) is 4.79 Å². The summed E-state index contributed by atoms with van der Waals surface area (Å²) in [6.45, 7) is 0.147. The number of benzene rings is 1. The van der Waals surface area contributed by atoms with Gasteiger partial charge >= 0.3 is 0 Å². The zero-order valence-corrected chi connectivity index (χ0v) is 9.24. The first-order valence-electron chi connectivity index (χ1n) is 5.42. The molecule has 0 radical (unpaired) electrons. The van der Waals surface area contributed by atoms with Gasteiger partial charge in [0.2, 0.25) is 5.91 Å². The number of halogens is 1. The number of anilines is 1. The largest absolute Gasteiger partial charge is 0.374 e. The van der Waals surface area contributed by atoms with Gasteiger partial charge in [0.15, 0.2) is 0 Å². The van der Waals surface area contributed by atoms with Gasteiger partial charge < -0.3 is 10.2 Å². The summed E-state index contributed by atoms with van der Waals surface area (Å²) in [5.41, 5.74) is 0.375. The first-order chi connectivity index (χ1) is 7.68. The summed E-state index contributed by atoms with van der Waals surface area (Å²) in [6, 6.07) is 6.76. The summed E-state index contributed by atoms with van der Waals surface area (Å²) in [7, 11) is 1.79. The molecule has 3 nitrogen and oxygen atoms in total. The van der Waals surface area contributed by atoms with E-state index in [1.54, 1.807) is 30.1 Å². The van der Waals surface area contributed by atoms with Crippen molar-refractivity contribution in [3.63, 3.8) is 0 Å². The lowest BCUT2D eigenvalue weighted by Gasteiger charge is -2.17. The maximum atomic E-state index is 13.2. The molecule has 1 aromatic carbocycles. The smallest absolute Gasteiger partial charge is 0.241 e. The second-order valence-electron chi connectivity index (χ2n) is 4.07. The second-order valence-corrected chi connectivity index (χ2v) is 4.07. The third-order valence-corrected chi connectivity index (χ3v) is 2.79. The minimum absolute atomic E-state index is 0.00533. The van der Waals surface area contributed by atoms with Crippen LogP contribution in [-0.4, -0.2) is 30.4 Å². The standard InChI is InChI=1S/C12H15FN2O/c1-15(9-6-7-9)12(16)8-14-11-5-3-2-4-10(11)13/h2-5,9,14H,6-8H2,1H3. The van der Waals surface area contributed by atoms with Crippen molar-refractivity contribution >= 4 is 11.6 Å². The van der Waals surface area contributed by atoms with Crippen LogP contribution in [0.1, 0.15) is 12.8 Å². The highest BCUT2D eigenvalue weighted by atomic mass is 19.1. The number of nitrogens with one attached hydrogen (secondary N) is 1. The summed E-state index contributed by atoms with van der Waals surface area (Å²) in [5.74, 6) is -0.324. The van der Waals surface area contributed by atoms with Crippen LogP contribution in [0.5, 0.6) is 0 Å². The van der Waals surface area contributed by atoms with Crippen LogP contribution in [0.4, 0.5) is 10.1 Å². The molecule has 2 rings (SSSR count). The van der Waals surface area contributed by atoms with E-state index >= 15 is 0 Å². The first-order valence-corrected chi connectivity index (χ1v) is 5.42. The minimum Gasteiger partial charge on any atom is -0.374 e. The van der Waals surface area contributed by atoms with Gasteiger partial charge in [0, 0.05) is 13.1 Å². The first kappa shape index (κ1) is 10.9. The van der Waals surface area contributed by atoms with E-state index in [0.717, 1.165) is 12.8 Å². The van der Waals surface area contributed by atoms with Crippen LogP contribution in [0, 0.1) is 5.82 Å². The van der Waals surface area contributed by atoms with Crippen molar-refractivity contribution in [2.24, 2.45) is 0 Å². The molecular weight excluding hydrogens is 207 g/mol. The Bertz CT molecular complexity index is 390. The lowest BCUT2D eigenvalue weighted by molar-refractivity contribution is -0.128. The molecule has 16 heavy (non-hydrogen) atoms. The second kappa shape index (κ2) is 4.51. The molecule has 0 heterocycles. The van der Waals surface area contributed by atoms with Crippen LogP contribution >= 0.6 is 0 Å². The molecule has 1 aliphatic carbocycles. The van der Waals surface area contributed by atoms with E-state index in [1.807, 2.05) is 0 Å². The molecule has 1 fully saturated rings. The van der Waals surface area contributed by atoms with Crippen molar-refractivity contribution < 1.29 is 9.18 Å². The van der Waals surface area contributed by atoms with Gasteiger partial charge in [0.05, 0.1) is 12.2 Å². The van der Waals surface area contributed by atoms with Gasteiger partial charge in [0.25, 0.3) is 0 Å². The van der Waals surface area contributed by atoms with E-state index in [2.05, 4.69) is 5.32 Å². The predicted molar refractivity (Wildman–Crippen MR) is 60.7 cm³/mol. The topological polar surface area (TPSA) is 32.3 Å². The zero-order chi connectivity index (χ0) is 11.5. The van der Waals surface area contributed by atoms with Gasteiger partial charge in [0.1, 0.15) is 5.82 Å². The van der Waals surface area contributed by atoms with E-state index in [-0.39, 0.29) is 18.3 Å². The van der Waals surface area contributed by atoms with Crippen molar-refractivity contribution in [1.29, 1.82) is 0 Å². The van der Waals surface area contributed by atoms with Crippen molar-refractivity contribution in [3.8, 4) is 0 Å². The molecule has 1 aromatic rings. The number of hydrogen-bond acceptors (Lipinski definition) is 2. The summed E-state index contributed by atoms with van der Waals surface area (Å²) < 4.78 is 13.2. The minimum atomic E-state index is -0.329. The highest BCUT2D eigenvalue weighted by molar-refractivity contribution is 5.81. The van der Waals surface area contributed by atoms with Crippen molar-refractivity contribution in [3.05, 3.63) is 30.1 Å². The molecular formula is C12H15FN2O. The molecule has 1 amide bonds. The van der Waals surface area contributed by atoms with E-state index < -0.39 is 0 Å². The molecule has 86 valence electrons. The molecule has 0 atom stereocenters. The molecule has 0 bridgehead atoms. The Labute approximate surface area is 94.3 Å². The lowest BCUT2D eigenvalue weighted by atomic mass is 10.3. The number of para-hydroxylation sites is 1. The van der Waals surface area contributed by atoms with Gasteiger partial charge in [-0.25, -0.2) is 4.39 Å². The number of nitrogens with zero attached hydrogens (tertiary/aromatic N) is 1. The molecule has 0 aliphatic heterocycles. The molecule has 4 heteroatoms. The monoisotopic (exact) mass is 222 g/mol. The van der Waals surface area contributed by atoms with Gasteiger partial charge in [-0.2, -0.15) is 0 Å². The normalized spacial score (nSPS) is 14.6. The van der Waals surface area contributed by atoms with Crippen LogP contribution in [0.3, 0.4) is 0 Å². The van der Waals surface area contributed by atoms with Crippen LogP contribution in [0.15, 0.2) is 24.3 Å². The van der Waals surface area contributed by atoms with Crippen LogP contribution in [0.2, 0.25) is 0 Å². The predicted octanol–water partition coefficient (Wildman–Crippen LogP) is 1.86. The van der Waals surface area contributed by atoms with E-state index in [4.69, 9.17) is 0 Å². The average molecular weight is 222 g/mol. The maximum absolute atomic E-state index is 13.2. The quantitative estimate of drug-likeness (QED) is 0.843. The molecule has 1 saturated carbocycles. The number of hydrogen-bond donors (Lipinski definition) is 1. The Kier molecular flexibility index (Phi) is 3.08. The Morgan fingerprint density at radius 3 is 2.81 bits per heavy atom. The maximum Gasteiger partial charge on any atom is 0.241 e. The Balaban J connectivity index is 1.87. The van der Waals surface area contributed by atoms with Crippen LogP contribution in [0.25, 0.3) is 0 Å². The molecule has 0 unspecified atom stereocenters. The Morgan fingerprint density at radius 1 is 1.50 bits per heavy atom. The van der Waals surface area contributed by atoms with Crippen molar-refractivity contribution in [1.82, 2.24) is 4.90 Å². The molecule has 0 aromatic heterocycles. The summed E-state index contributed by atoms with van der Waals surface area (Å²) >= 11 is 0. The SMILES string of the molecule is CN(C(=O)CNc1ccccc1F)C1CC1. The van der Waals surface area contributed by atoms with Crippen LogP contribution < -0.4 is 5.32 Å². The van der Waals surface area contributed by atoms with Crippen molar-refractivity contribution in [2.75, 3.05) is 18.9 Å². The number of amides is 1. The van der Waals surface area contributed by atoms with E-state index in [0.29, 0.717) is 11.7 Å². The fraction of sp³-hybridized carbons (Fsp3) is 0.417. The van der Waals surface area contributed by atoms with Crippen LogP contribution in [-0.2, 0) is 4.79 Å². The highest BCUT2D eigenvalue weighted by Gasteiger charge is 2.29. The van der Waals surface area contributed by atoms with E-state index in [9.17, 15) is 9.18 Å².